The molecule has 9 heteroatoms. The van der Waals surface area contributed by atoms with Crippen molar-refractivity contribution in [2.24, 2.45) is 0 Å². The molecule has 0 radical (unpaired) electrons. The van der Waals surface area contributed by atoms with E-state index in [9.17, 15) is 14.4 Å². The van der Waals surface area contributed by atoms with Crippen molar-refractivity contribution < 1.29 is 19.1 Å². The predicted molar refractivity (Wildman–Crippen MR) is 129 cm³/mol. The molecule has 1 atom stereocenters. The fourth-order valence-corrected chi connectivity index (χ4v) is 5.27. The lowest BCUT2D eigenvalue weighted by molar-refractivity contribution is -0.135. The van der Waals surface area contributed by atoms with Crippen molar-refractivity contribution in [2.45, 2.75) is 51.1 Å². The van der Waals surface area contributed by atoms with Crippen LogP contribution < -0.4 is 4.74 Å². The van der Waals surface area contributed by atoms with Crippen LogP contribution in [0.25, 0.3) is 0 Å². The second-order valence-electron chi connectivity index (χ2n) is 9.72. The summed E-state index contributed by atoms with van der Waals surface area (Å²) >= 11 is 0. The number of carbonyl (C=O) groups is 3. The summed E-state index contributed by atoms with van der Waals surface area (Å²) in [6, 6.07) is 9.89. The summed E-state index contributed by atoms with van der Waals surface area (Å²) in [5, 5.41) is 4.41. The van der Waals surface area contributed by atoms with Gasteiger partial charge in [0.2, 0.25) is 5.91 Å². The standard InChI is InChI=1S/C26H33N5O4/c1-28-13-14-31-23(26(28)34)17-22(27-31)25(33)29-11-5-15-35-21-8-4-6-19(16-21)9-10-20-7-2-3-12-30(20)24(32)18-29/h4,6,8,16-17,20H,2-3,5,7,9-15,18H2,1H3. The van der Waals surface area contributed by atoms with Crippen LogP contribution in [0.15, 0.2) is 30.3 Å². The Morgan fingerprint density at radius 2 is 1.91 bits per heavy atom. The molecule has 0 spiro atoms. The first-order valence-electron chi connectivity index (χ1n) is 12.6. The van der Waals surface area contributed by atoms with Crippen LogP contribution >= 0.6 is 0 Å². The van der Waals surface area contributed by atoms with Gasteiger partial charge in [0, 0.05) is 38.8 Å². The quantitative estimate of drug-likeness (QED) is 0.626. The Morgan fingerprint density at radius 3 is 2.80 bits per heavy atom. The summed E-state index contributed by atoms with van der Waals surface area (Å²) in [6.45, 7) is 2.66. The van der Waals surface area contributed by atoms with E-state index in [1.165, 1.54) is 5.56 Å². The molecular weight excluding hydrogens is 446 g/mol. The molecule has 2 bridgehead atoms. The van der Waals surface area contributed by atoms with Crippen molar-refractivity contribution in [3.05, 3.63) is 47.3 Å². The maximum absolute atomic E-state index is 13.5. The molecule has 1 aromatic heterocycles. The number of hydrogen-bond acceptors (Lipinski definition) is 5. The van der Waals surface area contributed by atoms with Gasteiger partial charge < -0.3 is 19.4 Å². The monoisotopic (exact) mass is 479 g/mol. The van der Waals surface area contributed by atoms with E-state index in [1.807, 2.05) is 17.0 Å². The zero-order valence-electron chi connectivity index (χ0n) is 20.3. The van der Waals surface area contributed by atoms with Gasteiger partial charge >= 0.3 is 0 Å². The lowest BCUT2D eigenvalue weighted by Gasteiger charge is -2.37. The van der Waals surface area contributed by atoms with E-state index in [-0.39, 0.29) is 36.0 Å². The third kappa shape index (κ3) is 5.04. The van der Waals surface area contributed by atoms with Crippen molar-refractivity contribution in [3.8, 4) is 5.75 Å². The van der Waals surface area contributed by atoms with E-state index < -0.39 is 0 Å². The van der Waals surface area contributed by atoms with Gasteiger partial charge in [0.25, 0.3) is 11.8 Å². The average molecular weight is 480 g/mol. The number of aryl methyl sites for hydroxylation is 1. The molecule has 1 unspecified atom stereocenters. The fourth-order valence-electron chi connectivity index (χ4n) is 5.27. The summed E-state index contributed by atoms with van der Waals surface area (Å²) in [4.78, 5) is 44.6. The van der Waals surface area contributed by atoms with Gasteiger partial charge in [-0.15, -0.1) is 0 Å². The van der Waals surface area contributed by atoms with Gasteiger partial charge in [0.15, 0.2) is 5.69 Å². The maximum Gasteiger partial charge on any atom is 0.274 e. The van der Waals surface area contributed by atoms with Crippen LogP contribution in [0.2, 0.25) is 0 Å². The highest BCUT2D eigenvalue weighted by atomic mass is 16.5. The molecule has 3 aliphatic heterocycles. The number of likely N-dealkylation sites (N-methyl/N-ethyl adjacent to an activating group) is 1. The smallest absolute Gasteiger partial charge is 0.274 e. The highest BCUT2D eigenvalue weighted by Crippen LogP contribution is 2.24. The summed E-state index contributed by atoms with van der Waals surface area (Å²) in [7, 11) is 1.74. The minimum absolute atomic E-state index is 0.0106. The number of piperidine rings is 1. The Kier molecular flexibility index (Phi) is 6.74. The second kappa shape index (κ2) is 10.1. The van der Waals surface area contributed by atoms with Crippen molar-refractivity contribution in [1.82, 2.24) is 24.5 Å². The molecule has 3 aliphatic rings. The molecule has 186 valence electrons. The Labute approximate surface area is 205 Å². The predicted octanol–water partition coefficient (Wildman–Crippen LogP) is 2.21. The highest BCUT2D eigenvalue weighted by Gasteiger charge is 2.31. The fraction of sp³-hybridized carbons (Fsp3) is 0.538. The number of amides is 3. The molecule has 1 aromatic carbocycles. The maximum atomic E-state index is 13.5. The zero-order valence-corrected chi connectivity index (χ0v) is 20.3. The SMILES string of the molecule is CN1CCn2nc(C(=O)N3CCCOc4cccc(c4)CCC4CCCCN4C(=O)C3)cc2C1=O. The second-order valence-corrected chi connectivity index (χ2v) is 9.72. The van der Waals surface area contributed by atoms with Gasteiger partial charge in [-0.1, -0.05) is 12.1 Å². The molecule has 35 heavy (non-hydrogen) atoms. The first-order chi connectivity index (χ1) is 17.0. The van der Waals surface area contributed by atoms with Gasteiger partial charge in [-0.2, -0.15) is 5.10 Å². The average Bonchev–Trinajstić information content (AvgIpc) is 3.31. The van der Waals surface area contributed by atoms with E-state index in [0.717, 1.165) is 44.4 Å². The van der Waals surface area contributed by atoms with E-state index in [1.54, 1.807) is 27.6 Å². The Bertz CT molecular complexity index is 1110. The minimum Gasteiger partial charge on any atom is -0.494 e. The van der Waals surface area contributed by atoms with Crippen LogP contribution in [0.4, 0.5) is 0 Å². The molecule has 2 aromatic rings. The number of hydrogen-bond donors (Lipinski definition) is 0. The van der Waals surface area contributed by atoms with Gasteiger partial charge in [0.1, 0.15) is 18.0 Å². The van der Waals surface area contributed by atoms with Crippen LogP contribution in [-0.4, -0.2) is 88.1 Å². The van der Waals surface area contributed by atoms with Gasteiger partial charge in [-0.25, -0.2) is 0 Å². The van der Waals surface area contributed by atoms with Crippen LogP contribution in [0.5, 0.6) is 5.75 Å². The number of nitrogens with zero attached hydrogens (tertiary/aromatic N) is 5. The van der Waals surface area contributed by atoms with E-state index in [4.69, 9.17) is 4.74 Å². The summed E-state index contributed by atoms with van der Waals surface area (Å²) in [6.07, 6.45) is 5.45. The zero-order chi connectivity index (χ0) is 24.4. The summed E-state index contributed by atoms with van der Waals surface area (Å²) in [5.74, 6) is 0.345. The van der Waals surface area contributed by atoms with E-state index in [0.29, 0.717) is 38.4 Å². The molecular formula is C26H33N5O4. The number of benzene rings is 1. The first-order valence-corrected chi connectivity index (χ1v) is 12.6. The molecule has 3 amide bonds. The third-order valence-electron chi connectivity index (χ3n) is 7.28. The molecule has 5 rings (SSSR count). The highest BCUT2D eigenvalue weighted by molar-refractivity contribution is 5.99. The van der Waals surface area contributed by atoms with Gasteiger partial charge in [-0.3, -0.25) is 19.1 Å². The van der Waals surface area contributed by atoms with Crippen LogP contribution in [0.1, 0.15) is 58.6 Å². The largest absolute Gasteiger partial charge is 0.494 e. The van der Waals surface area contributed by atoms with Crippen molar-refractivity contribution in [3.63, 3.8) is 0 Å². The molecule has 1 fully saturated rings. The molecule has 1 saturated heterocycles. The lowest BCUT2D eigenvalue weighted by atomic mass is 9.95. The molecule has 4 heterocycles. The normalized spacial score (nSPS) is 21.6. The summed E-state index contributed by atoms with van der Waals surface area (Å²) < 4.78 is 7.54. The Morgan fingerprint density at radius 1 is 1.03 bits per heavy atom. The topological polar surface area (TPSA) is 88.0 Å². The van der Waals surface area contributed by atoms with E-state index in [2.05, 4.69) is 17.2 Å². The number of ether oxygens (including phenoxy) is 1. The molecule has 9 nitrogen and oxygen atoms in total. The Hall–Kier alpha value is -3.36. The number of fused-ring (bicyclic) bond motifs is 4. The van der Waals surface area contributed by atoms with Crippen molar-refractivity contribution in [1.29, 1.82) is 0 Å². The Balaban J connectivity index is 1.39. The van der Waals surface area contributed by atoms with E-state index >= 15 is 0 Å². The molecule has 0 aliphatic carbocycles. The van der Waals surface area contributed by atoms with Crippen molar-refractivity contribution >= 4 is 17.7 Å². The number of rotatable bonds is 1. The minimum atomic E-state index is -0.321. The number of carbonyl (C=O) groups excluding carboxylic acids is 3. The third-order valence-corrected chi connectivity index (χ3v) is 7.28. The van der Waals surface area contributed by atoms with Gasteiger partial charge in [0.05, 0.1) is 13.2 Å². The first kappa shape index (κ1) is 23.4. The number of aromatic nitrogens is 2. The van der Waals surface area contributed by atoms with Crippen LogP contribution in [0, 0.1) is 0 Å². The molecule has 0 N–H and O–H groups in total. The van der Waals surface area contributed by atoms with Crippen LogP contribution in [-0.2, 0) is 17.8 Å². The van der Waals surface area contributed by atoms with Crippen molar-refractivity contribution in [2.75, 3.05) is 39.8 Å². The van der Waals surface area contributed by atoms with Crippen LogP contribution in [0.3, 0.4) is 0 Å². The lowest BCUT2D eigenvalue weighted by Crippen LogP contribution is -2.49. The summed E-state index contributed by atoms with van der Waals surface area (Å²) in [5.41, 5.74) is 1.84. The van der Waals surface area contributed by atoms with Gasteiger partial charge in [-0.05, 0) is 56.2 Å². The molecule has 0 saturated carbocycles.